The number of pyridine rings is 1. The Bertz CT molecular complexity index is 398. The summed E-state index contributed by atoms with van der Waals surface area (Å²) in [5.41, 5.74) is -1.13. The molecule has 0 aromatic carbocycles. The minimum absolute atomic E-state index is 0.263. The van der Waals surface area contributed by atoms with Crippen molar-refractivity contribution in [1.29, 1.82) is 0 Å². The van der Waals surface area contributed by atoms with Gasteiger partial charge in [0, 0.05) is 6.20 Å². The maximum absolute atomic E-state index is 12.2. The zero-order valence-corrected chi connectivity index (χ0v) is 8.26. The molecule has 1 rings (SSSR count). The molecule has 15 heavy (non-hydrogen) atoms. The van der Waals surface area contributed by atoms with Crippen LogP contribution < -0.4 is 0 Å². The van der Waals surface area contributed by atoms with E-state index >= 15 is 0 Å². The van der Waals surface area contributed by atoms with E-state index in [9.17, 15) is 18.7 Å². The average molecular weight is 238 g/mol. The third-order valence-electron chi connectivity index (χ3n) is 1.63. The number of rotatable bonds is 2. The summed E-state index contributed by atoms with van der Waals surface area (Å²) >= 11 is 5.49. The molecule has 0 amide bonds. The van der Waals surface area contributed by atoms with Crippen LogP contribution in [0.25, 0.3) is 0 Å². The molecule has 4 nitrogen and oxygen atoms in total. The maximum atomic E-state index is 12.2. The Hall–Kier alpha value is -1.43. The molecule has 7 heteroatoms. The molecule has 0 aliphatic rings. The second kappa shape index (κ2) is 4.39. The number of hydrogen-bond donors (Lipinski definition) is 1. The molecule has 1 aromatic rings. The second-order valence-corrected chi connectivity index (χ2v) is 2.89. The third-order valence-corrected chi connectivity index (χ3v) is 2.01. The van der Waals surface area contributed by atoms with Gasteiger partial charge in [0.25, 0.3) is 6.43 Å². The van der Waals surface area contributed by atoms with Crippen molar-refractivity contribution in [2.24, 2.45) is 0 Å². The van der Waals surface area contributed by atoms with Crippen LogP contribution in [0.2, 0.25) is 5.02 Å². The van der Waals surface area contributed by atoms with Crippen molar-refractivity contribution in [2.45, 2.75) is 6.43 Å². The van der Waals surface area contributed by atoms with Crippen LogP contribution in [0, 0.1) is 0 Å². The Labute approximate surface area is 88.4 Å². The molecule has 0 aliphatic carbocycles. The highest BCUT2D eigenvalue weighted by Crippen LogP contribution is 2.34. The molecular formula is C8H6ClF2NO3. The first-order valence-corrected chi connectivity index (χ1v) is 4.10. The van der Waals surface area contributed by atoms with E-state index in [1.165, 1.54) is 0 Å². The number of aromatic hydroxyl groups is 1. The second-order valence-electron chi connectivity index (χ2n) is 2.51. The quantitative estimate of drug-likeness (QED) is 0.801. The van der Waals surface area contributed by atoms with E-state index in [0.29, 0.717) is 0 Å². The van der Waals surface area contributed by atoms with Gasteiger partial charge in [0.05, 0.1) is 7.11 Å². The molecule has 0 saturated heterocycles. The van der Waals surface area contributed by atoms with Gasteiger partial charge in [-0.1, -0.05) is 11.6 Å². The lowest BCUT2D eigenvalue weighted by Gasteiger charge is -2.07. The third kappa shape index (κ3) is 2.15. The molecule has 0 bridgehead atoms. The summed E-state index contributed by atoms with van der Waals surface area (Å²) < 4.78 is 28.8. The van der Waals surface area contributed by atoms with Gasteiger partial charge in [0.2, 0.25) is 0 Å². The Morgan fingerprint density at radius 1 is 1.67 bits per heavy atom. The van der Waals surface area contributed by atoms with Crippen molar-refractivity contribution in [1.82, 2.24) is 4.98 Å². The number of nitrogens with zero attached hydrogens (tertiary/aromatic N) is 1. The van der Waals surface area contributed by atoms with Crippen LogP contribution in [0.5, 0.6) is 5.75 Å². The Kier molecular flexibility index (Phi) is 3.41. The summed E-state index contributed by atoms with van der Waals surface area (Å²) in [6, 6.07) is 0. The van der Waals surface area contributed by atoms with Crippen LogP contribution in [-0.4, -0.2) is 23.2 Å². The van der Waals surface area contributed by atoms with Crippen LogP contribution in [0.3, 0.4) is 0 Å². The fourth-order valence-electron chi connectivity index (χ4n) is 0.904. The minimum Gasteiger partial charge on any atom is -0.504 e. The summed E-state index contributed by atoms with van der Waals surface area (Å²) in [6.07, 6.45) is -2.13. The van der Waals surface area contributed by atoms with Gasteiger partial charge in [0.1, 0.15) is 16.3 Å². The number of carbonyl (C=O) groups excluding carboxylic acids is 1. The molecule has 0 spiro atoms. The van der Waals surface area contributed by atoms with Crippen LogP contribution >= 0.6 is 11.6 Å². The highest BCUT2D eigenvalue weighted by Gasteiger charge is 2.22. The molecule has 0 aliphatic heterocycles. The monoisotopic (exact) mass is 237 g/mol. The molecule has 1 heterocycles. The molecule has 1 N–H and O–H groups in total. The normalized spacial score (nSPS) is 10.5. The number of halogens is 3. The summed E-state index contributed by atoms with van der Waals surface area (Å²) in [4.78, 5) is 14.2. The van der Waals surface area contributed by atoms with Crippen LogP contribution in [0.4, 0.5) is 8.78 Å². The van der Waals surface area contributed by atoms with Crippen molar-refractivity contribution in [2.75, 3.05) is 7.11 Å². The van der Waals surface area contributed by atoms with Gasteiger partial charge >= 0.3 is 5.97 Å². The fraction of sp³-hybridized carbons (Fsp3) is 0.250. The van der Waals surface area contributed by atoms with Crippen molar-refractivity contribution < 1.29 is 23.4 Å². The van der Waals surface area contributed by atoms with Crippen molar-refractivity contribution in [3.63, 3.8) is 0 Å². The molecular weight excluding hydrogens is 232 g/mol. The Balaban J connectivity index is 3.27. The molecule has 0 radical (unpaired) electrons. The predicted octanol–water partition coefficient (Wildman–Crippen LogP) is 2.16. The number of carbonyl (C=O) groups is 1. The van der Waals surface area contributed by atoms with E-state index in [4.69, 9.17) is 11.6 Å². The fourth-order valence-corrected chi connectivity index (χ4v) is 1.13. The van der Waals surface area contributed by atoms with Crippen molar-refractivity contribution in [3.05, 3.63) is 22.5 Å². The number of alkyl halides is 2. The summed E-state index contributed by atoms with van der Waals surface area (Å²) in [7, 11) is 1.09. The highest BCUT2D eigenvalue weighted by atomic mass is 35.5. The number of methoxy groups -OCH3 is 1. The van der Waals surface area contributed by atoms with Gasteiger partial charge in [-0.2, -0.15) is 0 Å². The van der Waals surface area contributed by atoms with Gasteiger partial charge in [-0.3, -0.25) is 4.98 Å². The largest absolute Gasteiger partial charge is 0.504 e. The molecule has 0 unspecified atom stereocenters. The first-order chi connectivity index (χ1) is 6.99. The van der Waals surface area contributed by atoms with Gasteiger partial charge < -0.3 is 9.84 Å². The molecule has 0 saturated carbocycles. The zero-order chi connectivity index (χ0) is 11.6. The first-order valence-electron chi connectivity index (χ1n) is 3.72. The number of aromatic nitrogens is 1. The van der Waals surface area contributed by atoms with E-state index < -0.39 is 28.9 Å². The summed E-state index contributed by atoms with van der Waals surface area (Å²) in [5.74, 6) is -1.77. The van der Waals surface area contributed by atoms with Crippen LogP contribution in [0.15, 0.2) is 6.20 Å². The molecule has 1 aromatic heterocycles. The molecule has 82 valence electrons. The summed E-state index contributed by atoms with van der Waals surface area (Å²) in [5, 5.41) is 8.72. The summed E-state index contributed by atoms with van der Waals surface area (Å²) in [6.45, 7) is 0. The lowest BCUT2D eigenvalue weighted by Crippen LogP contribution is -2.04. The first kappa shape index (κ1) is 11.6. The average Bonchev–Trinajstić information content (AvgIpc) is 2.20. The van der Waals surface area contributed by atoms with Crippen LogP contribution in [-0.2, 0) is 4.74 Å². The highest BCUT2D eigenvalue weighted by molar-refractivity contribution is 6.35. The Morgan fingerprint density at radius 3 is 2.73 bits per heavy atom. The number of esters is 1. The standard InChI is InChI=1S/C8H6ClF2NO3/c1-15-8(14)3-2-12-5(7(10)11)6(13)4(3)9/h2,7,13H,1H3. The van der Waals surface area contributed by atoms with E-state index in [1.807, 2.05) is 0 Å². The molecule has 0 fully saturated rings. The lowest BCUT2D eigenvalue weighted by atomic mass is 10.2. The lowest BCUT2D eigenvalue weighted by molar-refractivity contribution is 0.0599. The van der Waals surface area contributed by atoms with Gasteiger partial charge in [-0.15, -0.1) is 0 Å². The van der Waals surface area contributed by atoms with Gasteiger partial charge in [-0.25, -0.2) is 13.6 Å². The van der Waals surface area contributed by atoms with E-state index in [2.05, 4.69) is 9.72 Å². The number of hydrogen-bond acceptors (Lipinski definition) is 4. The Morgan fingerprint density at radius 2 is 2.27 bits per heavy atom. The van der Waals surface area contributed by atoms with Gasteiger partial charge in [-0.05, 0) is 0 Å². The topological polar surface area (TPSA) is 59.4 Å². The van der Waals surface area contributed by atoms with Crippen molar-refractivity contribution >= 4 is 17.6 Å². The predicted molar refractivity (Wildman–Crippen MR) is 47.2 cm³/mol. The molecule has 0 atom stereocenters. The van der Waals surface area contributed by atoms with E-state index in [0.717, 1.165) is 13.3 Å². The van der Waals surface area contributed by atoms with E-state index in [1.54, 1.807) is 0 Å². The van der Waals surface area contributed by atoms with E-state index in [-0.39, 0.29) is 5.56 Å². The van der Waals surface area contributed by atoms with Crippen molar-refractivity contribution in [3.8, 4) is 5.75 Å². The zero-order valence-electron chi connectivity index (χ0n) is 7.50. The van der Waals surface area contributed by atoms with Gasteiger partial charge in [0.15, 0.2) is 5.75 Å². The minimum atomic E-state index is -2.96. The maximum Gasteiger partial charge on any atom is 0.341 e. The SMILES string of the molecule is COC(=O)c1cnc(C(F)F)c(O)c1Cl. The number of ether oxygens (including phenoxy) is 1. The van der Waals surface area contributed by atoms with Crippen LogP contribution in [0.1, 0.15) is 22.5 Å². The smallest absolute Gasteiger partial charge is 0.341 e.